The molecule has 2 aromatic heterocycles. The van der Waals surface area contributed by atoms with Gasteiger partial charge in [0.2, 0.25) is 0 Å². The molecule has 0 bridgehead atoms. The van der Waals surface area contributed by atoms with Gasteiger partial charge in [-0.3, -0.25) is 5.10 Å². The minimum Gasteiger partial charge on any atom is -0.496 e. The molecule has 0 amide bonds. The van der Waals surface area contributed by atoms with Gasteiger partial charge < -0.3 is 10.1 Å². The number of hydrogen-bond acceptors (Lipinski definition) is 5. The van der Waals surface area contributed by atoms with Crippen LogP contribution in [0.1, 0.15) is 21.9 Å². The van der Waals surface area contributed by atoms with Gasteiger partial charge in [0.1, 0.15) is 11.6 Å². The van der Waals surface area contributed by atoms with E-state index in [0.717, 1.165) is 33.3 Å². The molecule has 5 nitrogen and oxygen atoms in total. The van der Waals surface area contributed by atoms with Gasteiger partial charge in [0.05, 0.1) is 41.4 Å². The Morgan fingerprint density at radius 1 is 1.21 bits per heavy atom. The number of anilines is 1. The number of rotatable bonds is 3. The van der Waals surface area contributed by atoms with Crippen molar-refractivity contribution in [1.82, 2.24) is 10.2 Å². The lowest BCUT2D eigenvalue weighted by Crippen LogP contribution is -2.17. The molecule has 2 N–H and O–H groups in total. The maximum atomic E-state index is 9.90. The van der Waals surface area contributed by atoms with E-state index in [0.29, 0.717) is 5.57 Å². The van der Waals surface area contributed by atoms with Gasteiger partial charge in [-0.2, -0.15) is 10.4 Å². The van der Waals surface area contributed by atoms with E-state index < -0.39 is 0 Å². The van der Waals surface area contributed by atoms with Crippen LogP contribution >= 0.6 is 11.3 Å². The van der Waals surface area contributed by atoms with Crippen LogP contribution in [0.5, 0.6) is 5.75 Å². The minimum atomic E-state index is -0.224. The molecule has 0 radical (unpaired) electrons. The summed E-state index contributed by atoms with van der Waals surface area (Å²) < 4.78 is 5.53. The van der Waals surface area contributed by atoms with E-state index in [1.807, 2.05) is 41.8 Å². The van der Waals surface area contributed by atoms with Crippen molar-refractivity contribution in [2.75, 3.05) is 12.4 Å². The maximum absolute atomic E-state index is 9.90. The Balaban J connectivity index is 1.98. The van der Waals surface area contributed by atoms with E-state index in [1.54, 1.807) is 24.6 Å². The second-order valence-electron chi connectivity index (χ2n) is 5.38. The van der Waals surface area contributed by atoms with E-state index in [4.69, 9.17) is 4.74 Å². The second kappa shape index (κ2) is 5.87. The van der Waals surface area contributed by atoms with Crippen LogP contribution in [0.4, 0.5) is 5.82 Å². The summed E-state index contributed by atoms with van der Waals surface area (Å²) in [6, 6.07) is 14.2. The topological polar surface area (TPSA) is 73.7 Å². The smallest absolute Gasteiger partial charge is 0.130 e. The number of ether oxygens (including phenoxy) is 1. The van der Waals surface area contributed by atoms with Gasteiger partial charge in [-0.1, -0.05) is 24.3 Å². The average Bonchev–Trinajstić information content (AvgIpc) is 3.31. The Labute approximate surface area is 143 Å². The van der Waals surface area contributed by atoms with Crippen molar-refractivity contribution in [2.24, 2.45) is 0 Å². The molecule has 0 spiro atoms. The van der Waals surface area contributed by atoms with Crippen molar-refractivity contribution in [3.63, 3.8) is 0 Å². The Hall–Kier alpha value is -3.04. The summed E-state index contributed by atoms with van der Waals surface area (Å²) in [5, 5.41) is 22.4. The van der Waals surface area contributed by atoms with Gasteiger partial charge in [-0.15, -0.1) is 11.3 Å². The van der Waals surface area contributed by atoms with Crippen LogP contribution in [0.25, 0.3) is 5.70 Å². The number of nitrogens with one attached hydrogen (secondary N) is 2. The van der Waals surface area contributed by atoms with E-state index in [9.17, 15) is 5.26 Å². The fraction of sp³-hybridized carbons (Fsp3) is 0.111. The zero-order chi connectivity index (χ0) is 16.5. The number of H-pyrrole nitrogens is 1. The molecule has 118 valence electrons. The minimum absolute atomic E-state index is 0.224. The number of nitrogens with zero attached hydrogens (tertiary/aromatic N) is 2. The standard InChI is InChI=1S/C18H14N4OS/c1-23-14-6-3-2-5-11(14)16-12(9-19)17(15-7-4-8-24-15)21-18-13(16)10-20-22-18/h2-8,10,16H,1H3,(H2,20,21,22). The van der Waals surface area contributed by atoms with Crippen molar-refractivity contribution < 1.29 is 4.74 Å². The summed E-state index contributed by atoms with van der Waals surface area (Å²) in [5.41, 5.74) is 3.38. The molecule has 4 rings (SSSR count). The first kappa shape index (κ1) is 14.5. The van der Waals surface area contributed by atoms with Crippen LogP contribution in [-0.2, 0) is 0 Å². The average molecular weight is 334 g/mol. The number of hydrogen-bond donors (Lipinski definition) is 2. The predicted molar refractivity (Wildman–Crippen MR) is 93.9 cm³/mol. The predicted octanol–water partition coefficient (Wildman–Crippen LogP) is 3.97. The molecule has 1 aromatic carbocycles. The number of aromatic nitrogens is 2. The van der Waals surface area contributed by atoms with Gasteiger partial charge in [-0.05, 0) is 17.5 Å². The van der Waals surface area contributed by atoms with Crippen molar-refractivity contribution in [1.29, 1.82) is 5.26 Å². The zero-order valence-electron chi connectivity index (χ0n) is 12.9. The summed E-state index contributed by atoms with van der Waals surface area (Å²) >= 11 is 1.60. The summed E-state index contributed by atoms with van der Waals surface area (Å²) in [6.07, 6.45) is 1.77. The molecule has 0 saturated carbocycles. The number of aromatic amines is 1. The highest BCUT2D eigenvalue weighted by molar-refractivity contribution is 7.11. The largest absolute Gasteiger partial charge is 0.496 e. The van der Waals surface area contributed by atoms with Crippen LogP contribution in [0.3, 0.4) is 0 Å². The Kier molecular flexibility index (Phi) is 3.56. The summed E-state index contributed by atoms with van der Waals surface area (Å²) in [7, 11) is 1.64. The highest BCUT2D eigenvalue weighted by atomic mass is 32.1. The molecule has 1 aliphatic heterocycles. The van der Waals surface area contributed by atoms with Crippen molar-refractivity contribution >= 4 is 22.9 Å². The second-order valence-corrected chi connectivity index (χ2v) is 6.33. The van der Waals surface area contributed by atoms with Gasteiger partial charge in [0.25, 0.3) is 0 Å². The molecule has 1 unspecified atom stereocenters. The highest BCUT2D eigenvalue weighted by Crippen LogP contribution is 2.46. The van der Waals surface area contributed by atoms with E-state index in [2.05, 4.69) is 21.6 Å². The number of fused-ring (bicyclic) bond motifs is 1. The van der Waals surface area contributed by atoms with Gasteiger partial charge in [-0.25, -0.2) is 0 Å². The monoisotopic (exact) mass is 334 g/mol. The van der Waals surface area contributed by atoms with Crippen LogP contribution in [0.2, 0.25) is 0 Å². The molecule has 6 heteroatoms. The normalized spacial score (nSPS) is 16.2. The summed E-state index contributed by atoms with van der Waals surface area (Å²) in [4.78, 5) is 1.02. The third-order valence-electron chi connectivity index (χ3n) is 4.13. The molecule has 0 saturated heterocycles. The lowest BCUT2D eigenvalue weighted by Gasteiger charge is -2.26. The Morgan fingerprint density at radius 2 is 2.08 bits per heavy atom. The third-order valence-corrected chi connectivity index (χ3v) is 5.01. The zero-order valence-corrected chi connectivity index (χ0v) is 13.7. The Morgan fingerprint density at radius 3 is 2.83 bits per heavy atom. The molecule has 3 aromatic rings. The third kappa shape index (κ3) is 2.18. The van der Waals surface area contributed by atoms with Crippen molar-refractivity contribution in [3.05, 3.63) is 69.6 Å². The molecule has 3 heterocycles. The number of allylic oxidation sites excluding steroid dienone is 1. The quantitative estimate of drug-likeness (QED) is 0.760. The Bertz CT molecular complexity index is 950. The lowest BCUT2D eigenvalue weighted by atomic mass is 9.82. The molecule has 1 atom stereocenters. The summed E-state index contributed by atoms with van der Waals surface area (Å²) in [6.45, 7) is 0. The van der Waals surface area contributed by atoms with Crippen LogP contribution in [-0.4, -0.2) is 17.3 Å². The molecular formula is C18H14N4OS. The fourth-order valence-corrected chi connectivity index (χ4v) is 3.81. The maximum Gasteiger partial charge on any atom is 0.130 e. The molecule has 24 heavy (non-hydrogen) atoms. The SMILES string of the molecule is COc1ccccc1C1C(C#N)=C(c2cccs2)Nc2[nH]ncc21. The van der Waals surface area contributed by atoms with E-state index in [-0.39, 0.29) is 5.92 Å². The number of methoxy groups -OCH3 is 1. The number of nitriles is 1. The molecular weight excluding hydrogens is 320 g/mol. The van der Waals surface area contributed by atoms with Crippen molar-refractivity contribution in [2.45, 2.75) is 5.92 Å². The van der Waals surface area contributed by atoms with Gasteiger partial charge >= 0.3 is 0 Å². The molecule has 0 fully saturated rings. The number of para-hydroxylation sites is 1. The van der Waals surface area contributed by atoms with Crippen LogP contribution < -0.4 is 10.1 Å². The first-order valence-electron chi connectivity index (χ1n) is 7.45. The molecule has 0 aliphatic carbocycles. The van der Waals surface area contributed by atoms with Gasteiger partial charge in [0.15, 0.2) is 0 Å². The van der Waals surface area contributed by atoms with Crippen molar-refractivity contribution in [3.8, 4) is 11.8 Å². The highest BCUT2D eigenvalue weighted by Gasteiger charge is 2.33. The first-order valence-corrected chi connectivity index (χ1v) is 8.32. The number of benzene rings is 1. The van der Waals surface area contributed by atoms with E-state index in [1.165, 1.54) is 0 Å². The first-order chi connectivity index (χ1) is 11.8. The van der Waals surface area contributed by atoms with E-state index >= 15 is 0 Å². The number of thiophene rings is 1. The summed E-state index contributed by atoms with van der Waals surface area (Å²) in [5.74, 6) is 1.35. The molecule has 1 aliphatic rings. The van der Waals surface area contributed by atoms with Crippen LogP contribution in [0, 0.1) is 11.3 Å². The van der Waals surface area contributed by atoms with Gasteiger partial charge in [0, 0.05) is 11.1 Å². The lowest BCUT2D eigenvalue weighted by molar-refractivity contribution is 0.409. The van der Waals surface area contributed by atoms with Crippen LogP contribution in [0.15, 0.2) is 53.5 Å². The fourth-order valence-electron chi connectivity index (χ4n) is 3.07.